The largest absolute Gasteiger partial charge is 0.356 e. The summed E-state index contributed by atoms with van der Waals surface area (Å²) in [4.78, 5) is 3.99. The maximum Gasteiger partial charge on any atom is 0.187 e. The highest BCUT2D eigenvalue weighted by atomic mass is 32.1. The van der Waals surface area contributed by atoms with Crippen LogP contribution in [-0.4, -0.2) is 21.8 Å². The van der Waals surface area contributed by atoms with Crippen LogP contribution in [0.2, 0.25) is 0 Å². The highest BCUT2D eigenvalue weighted by Crippen LogP contribution is 2.55. The van der Waals surface area contributed by atoms with Gasteiger partial charge in [-0.25, -0.2) is 0 Å². The quantitative estimate of drug-likeness (QED) is 0.512. The van der Waals surface area contributed by atoms with E-state index in [1.54, 1.807) is 18.6 Å². The van der Waals surface area contributed by atoms with Crippen LogP contribution >= 0.6 is 12.2 Å². The van der Waals surface area contributed by atoms with Crippen LogP contribution in [0, 0.1) is 17.8 Å². The standard InChI is InChI=1S/C17H22N4S/c22-16(21-19-11-12-1-3-18-4-2-12)20-17-8-13-5-14(9-17)7-15(6-13)10-17/h1-4,11,13-15H,5-10H2,(H2,20,21,22)/b19-11-. The van der Waals surface area contributed by atoms with Crippen molar-refractivity contribution in [2.75, 3.05) is 0 Å². The van der Waals surface area contributed by atoms with Gasteiger partial charge in [0.1, 0.15) is 0 Å². The summed E-state index contributed by atoms with van der Waals surface area (Å²) >= 11 is 5.46. The Hall–Kier alpha value is -1.49. The number of thiocarbonyl (C=S) groups is 1. The predicted octanol–water partition coefficient (Wildman–Crippen LogP) is 2.85. The van der Waals surface area contributed by atoms with Crippen molar-refractivity contribution in [1.29, 1.82) is 0 Å². The normalized spacial score (nSPS) is 35.7. The number of aromatic nitrogens is 1. The number of nitrogens with one attached hydrogen (secondary N) is 2. The SMILES string of the molecule is S=C(N/N=C\c1ccncc1)NC12CC3CC(CC(C3)C1)C2. The first-order valence-electron chi connectivity index (χ1n) is 8.22. The van der Waals surface area contributed by atoms with E-state index in [-0.39, 0.29) is 5.54 Å². The molecule has 1 aromatic rings. The zero-order valence-electron chi connectivity index (χ0n) is 12.7. The van der Waals surface area contributed by atoms with Crippen LogP contribution < -0.4 is 10.7 Å². The molecule has 0 aliphatic heterocycles. The first-order chi connectivity index (χ1) is 10.7. The fourth-order valence-corrected chi connectivity index (χ4v) is 5.42. The van der Waals surface area contributed by atoms with Crippen molar-refractivity contribution in [1.82, 2.24) is 15.7 Å². The van der Waals surface area contributed by atoms with Gasteiger partial charge in [0.2, 0.25) is 0 Å². The lowest BCUT2D eigenvalue weighted by molar-refractivity contribution is -0.0101. The average Bonchev–Trinajstić information content (AvgIpc) is 2.46. The molecule has 5 heteroatoms. The second-order valence-corrected chi connectivity index (χ2v) is 7.71. The van der Waals surface area contributed by atoms with Gasteiger partial charge in [0.15, 0.2) is 5.11 Å². The molecular formula is C17H22N4S. The molecule has 0 saturated heterocycles. The van der Waals surface area contributed by atoms with E-state index in [9.17, 15) is 0 Å². The fourth-order valence-electron chi connectivity index (χ4n) is 5.15. The van der Waals surface area contributed by atoms with Gasteiger partial charge >= 0.3 is 0 Å². The van der Waals surface area contributed by atoms with Crippen molar-refractivity contribution >= 4 is 23.5 Å². The molecule has 4 saturated carbocycles. The van der Waals surface area contributed by atoms with Gasteiger partial charge in [-0.1, -0.05) is 0 Å². The van der Waals surface area contributed by atoms with Crippen molar-refractivity contribution < 1.29 is 0 Å². The summed E-state index contributed by atoms with van der Waals surface area (Å²) in [7, 11) is 0. The topological polar surface area (TPSA) is 49.3 Å². The molecule has 0 aromatic carbocycles. The molecule has 0 radical (unpaired) electrons. The van der Waals surface area contributed by atoms with Gasteiger partial charge in [-0.3, -0.25) is 10.4 Å². The number of hydrogen-bond acceptors (Lipinski definition) is 3. The minimum Gasteiger partial charge on any atom is -0.356 e. The molecule has 4 aliphatic rings. The third-order valence-electron chi connectivity index (χ3n) is 5.50. The van der Waals surface area contributed by atoms with Crippen LogP contribution in [0.1, 0.15) is 44.1 Å². The van der Waals surface area contributed by atoms with E-state index < -0.39 is 0 Å². The van der Waals surface area contributed by atoms with Gasteiger partial charge in [0.05, 0.1) is 6.21 Å². The lowest BCUT2D eigenvalue weighted by Gasteiger charge is -2.57. The molecule has 0 atom stereocenters. The van der Waals surface area contributed by atoms with E-state index in [0.717, 1.165) is 23.3 Å². The Kier molecular flexibility index (Phi) is 3.60. The minimum absolute atomic E-state index is 0.241. The fraction of sp³-hybridized carbons (Fsp3) is 0.588. The molecule has 0 spiro atoms. The van der Waals surface area contributed by atoms with Crippen molar-refractivity contribution in [2.45, 2.75) is 44.1 Å². The van der Waals surface area contributed by atoms with E-state index >= 15 is 0 Å². The Morgan fingerprint density at radius 1 is 1.14 bits per heavy atom. The predicted molar refractivity (Wildman–Crippen MR) is 91.6 cm³/mol. The molecule has 4 aliphatic carbocycles. The third kappa shape index (κ3) is 2.86. The molecule has 0 amide bonds. The van der Waals surface area contributed by atoms with Crippen molar-refractivity contribution in [3.8, 4) is 0 Å². The van der Waals surface area contributed by atoms with Gasteiger partial charge < -0.3 is 5.32 Å². The number of hydrogen-bond donors (Lipinski definition) is 2. The molecule has 2 N–H and O–H groups in total. The summed E-state index contributed by atoms with van der Waals surface area (Å²) in [6, 6.07) is 3.83. The summed E-state index contributed by atoms with van der Waals surface area (Å²) in [5.74, 6) is 2.76. The molecule has 4 bridgehead atoms. The number of nitrogens with zero attached hydrogens (tertiary/aromatic N) is 2. The van der Waals surface area contributed by atoms with Crippen molar-refractivity contribution in [3.05, 3.63) is 30.1 Å². The maximum atomic E-state index is 5.46. The van der Waals surface area contributed by atoms with Crippen LogP contribution in [0.5, 0.6) is 0 Å². The van der Waals surface area contributed by atoms with E-state index in [4.69, 9.17) is 12.2 Å². The van der Waals surface area contributed by atoms with Crippen LogP contribution in [0.3, 0.4) is 0 Å². The van der Waals surface area contributed by atoms with Gasteiger partial charge in [-0.15, -0.1) is 0 Å². The monoisotopic (exact) mass is 314 g/mol. The molecule has 4 fully saturated rings. The van der Waals surface area contributed by atoms with Crippen molar-refractivity contribution in [2.24, 2.45) is 22.9 Å². The van der Waals surface area contributed by atoms with Crippen LogP contribution in [0.25, 0.3) is 0 Å². The summed E-state index contributed by atoms with van der Waals surface area (Å²) in [6.45, 7) is 0. The van der Waals surface area contributed by atoms with E-state index in [1.807, 2.05) is 12.1 Å². The molecule has 5 rings (SSSR count). The Balaban J connectivity index is 1.35. The Labute approximate surface area is 136 Å². The highest BCUT2D eigenvalue weighted by Gasteiger charge is 2.51. The maximum absolute atomic E-state index is 5.46. The van der Waals surface area contributed by atoms with E-state index in [1.165, 1.54) is 38.5 Å². The highest BCUT2D eigenvalue weighted by molar-refractivity contribution is 7.80. The second-order valence-electron chi connectivity index (χ2n) is 7.30. The van der Waals surface area contributed by atoms with E-state index in [0.29, 0.717) is 5.11 Å². The Bertz CT molecular complexity index is 548. The van der Waals surface area contributed by atoms with Crippen LogP contribution in [-0.2, 0) is 0 Å². The van der Waals surface area contributed by atoms with Gasteiger partial charge in [0, 0.05) is 17.9 Å². The Morgan fingerprint density at radius 2 is 1.73 bits per heavy atom. The van der Waals surface area contributed by atoms with Gasteiger partial charge in [-0.2, -0.15) is 5.10 Å². The summed E-state index contributed by atoms with van der Waals surface area (Å²) in [5, 5.41) is 8.50. The summed E-state index contributed by atoms with van der Waals surface area (Å²) in [6.07, 6.45) is 13.5. The zero-order chi connectivity index (χ0) is 15.0. The molecule has 4 nitrogen and oxygen atoms in total. The number of rotatable bonds is 3. The smallest absolute Gasteiger partial charge is 0.187 e. The number of hydrazone groups is 1. The molecule has 22 heavy (non-hydrogen) atoms. The van der Waals surface area contributed by atoms with Crippen LogP contribution in [0.15, 0.2) is 29.6 Å². The first kappa shape index (κ1) is 14.1. The molecule has 116 valence electrons. The Morgan fingerprint density at radius 3 is 2.32 bits per heavy atom. The van der Waals surface area contributed by atoms with Crippen LogP contribution in [0.4, 0.5) is 0 Å². The first-order valence-corrected chi connectivity index (χ1v) is 8.63. The summed E-state index contributed by atoms with van der Waals surface area (Å²) < 4.78 is 0. The zero-order valence-corrected chi connectivity index (χ0v) is 13.5. The number of pyridine rings is 1. The minimum atomic E-state index is 0.241. The third-order valence-corrected chi connectivity index (χ3v) is 5.70. The molecule has 0 unspecified atom stereocenters. The summed E-state index contributed by atoms with van der Waals surface area (Å²) in [5.41, 5.74) is 4.23. The molecule has 1 heterocycles. The average molecular weight is 314 g/mol. The van der Waals surface area contributed by atoms with Gasteiger partial charge in [0.25, 0.3) is 0 Å². The second kappa shape index (κ2) is 5.61. The lowest BCUT2D eigenvalue weighted by Crippen LogP contribution is -2.61. The lowest BCUT2D eigenvalue weighted by atomic mass is 9.53. The molecular weight excluding hydrogens is 292 g/mol. The van der Waals surface area contributed by atoms with Crippen molar-refractivity contribution in [3.63, 3.8) is 0 Å². The van der Waals surface area contributed by atoms with Gasteiger partial charge in [-0.05, 0) is 86.2 Å². The molecule has 1 aromatic heterocycles. The van der Waals surface area contributed by atoms with E-state index in [2.05, 4.69) is 20.8 Å².